The largest absolute Gasteiger partial charge is 0.342 e. The molecule has 1 aromatic rings. The summed E-state index contributed by atoms with van der Waals surface area (Å²) >= 11 is 0. The number of aromatic nitrogens is 1. The average Bonchev–Trinajstić information content (AvgIpc) is 2.67. The van der Waals surface area contributed by atoms with Gasteiger partial charge in [-0.1, -0.05) is 0 Å². The SMILES string of the molecule is O=CN1CCN(C(=O)c2cc(C(=O)N3CCCCC3)ccn2)CC1. The average molecular weight is 330 g/mol. The smallest absolute Gasteiger partial charge is 0.272 e. The summed E-state index contributed by atoms with van der Waals surface area (Å²) in [5.41, 5.74) is 0.805. The fourth-order valence-corrected chi connectivity index (χ4v) is 3.15. The van der Waals surface area contributed by atoms with Crippen LogP contribution in [0.2, 0.25) is 0 Å². The molecule has 128 valence electrons. The Balaban J connectivity index is 1.69. The number of likely N-dealkylation sites (tertiary alicyclic amines) is 1. The summed E-state index contributed by atoms with van der Waals surface area (Å²) < 4.78 is 0. The number of pyridine rings is 1. The Morgan fingerprint density at radius 1 is 0.917 bits per heavy atom. The maximum Gasteiger partial charge on any atom is 0.272 e. The molecule has 0 aromatic carbocycles. The van der Waals surface area contributed by atoms with Crippen LogP contribution in [0.15, 0.2) is 18.3 Å². The van der Waals surface area contributed by atoms with Gasteiger partial charge in [0, 0.05) is 51.0 Å². The minimum Gasteiger partial charge on any atom is -0.342 e. The van der Waals surface area contributed by atoms with Crippen LogP contribution in [0.4, 0.5) is 0 Å². The predicted molar refractivity (Wildman–Crippen MR) is 87.5 cm³/mol. The van der Waals surface area contributed by atoms with Crippen molar-refractivity contribution < 1.29 is 14.4 Å². The van der Waals surface area contributed by atoms with Gasteiger partial charge in [-0.05, 0) is 31.4 Å². The number of hydrogen-bond donors (Lipinski definition) is 0. The number of piperidine rings is 1. The van der Waals surface area contributed by atoms with E-state index in [2.05, 4.69) is 4.98 Å². The lowest BCUT2D eigenvalue weighted by Gasteiger charge is -2.32. The fourth-order valence-electron chi connectivity index (χ4n) is 3.15. The fraction of sp³-hybridized carbons (Fsp3) is 0.529. The Morgan fingerprint density at radius 3 is 2.25 bits per heavy atom. The molecule has 3 heterocycles. The van der Waals surface area contributed by atoms with E-state index < -0.39 is 0 Å². The van der Waals surface area contributed by atoms with Crippen molar-refractivity contribution in [3.63, 3.8) is 0 Å². The first-order valence-corrected chi connectivity index (χ1v) is 8.43. The lowest BCUT2D eigenvalue weighted by molar-refractivity contribution is -0.119. The zero-order chi connectivity index (χ0) is 16.9. The molecule has 0 atom stereocenters. The highest BCUT2D eigenvalue weighted by Gasteiger charge is 2.24. The van der Waals surface area contributed by atoms with Crippen molar-refractivity contribution in [1.29, 1.82) is 0 Å². The van der Waals surface area contributed by atoms with Crippen molar-refractivity contribution in [2.24, 2.45) is 0 Å². The van der Waals surface area contributed by atoms with E-state index in [1.807, 2.05) is 4.90 Å². The molecule has 0 spiro atoms. The Morgan fingerprint density at radius 2 is 1.58 bits per heavy atom. The van der Waals surface area contributed by atoms with Gasteiger partial charge in [0.25, 0.3) is 11.8 Å². The van der Waals surface area contributed by atoms with Crippen molar-refractivity contribution in [2.45, 2.75) is 19.3 Å². The van der Waals surface area contributed by atoms with Crippen LogP contribution in [0.3, 0.4) is 0 Å². The van der Waals surface area contributed by atoms with E-state index in [0.29, 0.717) is 31.7 Å². The predicted octanol–water partition coefficient (Wildman–Crippen LogP) is 0.622. The van der Waals surface area contributed by atoms with Gasteiger partial charge in [0.1, 0.15) is 5.69 Å². The molecule has 2 aliphatic heterocycles. The zero-order valence-corrected chi connectivity index (χ0v) is 13.7. The first kappa shape index (κ1) is 16.4. The number of piperazine rings is 1. The number of amides is 3. The molecular weight excluding hydrogens is 308 g/mol. The van der Waals surface area contributed by atoms with E-state index in [9.17, 15) is 14.4 Å². The molecule has 0 unspecified atom stereocenters. The monoisotopic (exact) mass is 330 g/mol. The van der Waals surface area contributed by atoms with E-state index in [-0.39, 0.29) is 17.5 Å². The van der Waals surface area contributed by atoms with Crippen molar-refractivity contribution in [3.05, 3.63) is 29.6 Å². The van der Waals surface area contributed by atoms with Gasteiger partial charge in [-0.25, -0.2) is 0 Å². The van der Waals surface area contributed by atoms with E-state index >= 15 is 0 Å². The van der Waals surface area contributed by atoms with Gasteiger partial charge in [0.2, 0.25) is 6.41 Å². The summed E-state index contributed by atoms with van der Waals surface area (Å²) in [4.78, 5) is 45.2. The molecule has 1 aromatic heterocycles. The second-order valence-corrected chi connectivity index (χ2v) is 6.22. The minimum absolute atomic E-state index is 0.0306. The topological polar surface area (TPSA) is 73.8 Å². The molecular formula is C17H22N4O3. The molecule has 2 fully saturated rings. The van der Waals surface area contributed by atoms with E-state index in [1.54, 1.807) is 21.9 Å². The molecule has 0 N–H and O–H groups in total. The van der Waals surface area contributed by atoms with Crippen LogP contribution in [0.25, 0.3) is 0 Å². The summed E-state index contributed by atoms with van der Waals surface area (Å²) in [5.74, 6) is -0.217. The quantitative estimate of drug-likeness (QED) is 0.762. The third kappa shape index (κ3) is 3.55. The normalized spacial score (nSPS) is 18.4. The summed E-state index contributed by atoms with van der Waals surface area (Å²) in [6, 6.07) is 3.25. The summed E-state index contributed by atoms with van der Waals surface area (Å²) in [5, 5.41) is 0. The summed E-state index contributed by atoms with van der Waals surface area (Å²) in [6.07, 6.45) is 5.55. The maximum atomic E-state index is 12.6. The van der Waals surface area contributed by atoms with Gasteiger partial charge in [-0.3, -0.25) is 19.4 Å². The van der Waals surface area contributed by atoms with Gasteiger partial charge >= 0.3 is 0 Å². The summed E-state index contributed by atoms with van der Waals surface area (Å²) in [7, 11) is 0. The van der Waals surface area contributed by atoms with Crippen LogP contribution >= 0.6 is 0 Å². The molecule has 2 aliphatic rings. The first-order chi connectivity index (χ1) is 11.7. The van der Waals surface area contributed by atoms with Crippen LogP contribution < -0.4 is 0 Å². The standard InChI is InChI=1S/C17H22N4O3/c22-13-19-8-10-21(11-9-19)17(24)15-12-14(4-5-18-15)16(23)20-6-2-1-3-7-20/h4-5,12-13H,1-3,6-11H2. The van der Waals surface area contributed by atoms with Crippen molar-refractivity contribution in [2.75, 3.05) is 39.3 Å². The van der Waals surface area contributed by atoms with Gasteiger partial charge in [0.15, 0.2) is 0 Å². The lowest BCUT2D eigenvalue weighted by Crippen LogP contribution is -2.48. The van der Waals surface area contributed by atoms with Gasteiger partial charge < -0.3 is 14.7 Å². The van der Waals surface area contributed by atoms with Crippen LogP contribution in [-0.2, 0) is 4.79 Å². The number of hydrogen-bond acceptors (Lipinski definition) is 4. The molecule has 0 aliphatic carbocycles. The Kier molecular flexibility index (Phi) is 5.08. The van der Waals surface area contributed by atoms with Gasteiger partial charge in [-0.2, -0.15) is 0 Å². The maximum absolute atomic E-state index is 12.6. The van der Waals surface area contributed by atoms with E-state index in [0.717, 1.165) is 38.8 Å². The van der Waals surface area contributed by atoms with Crippen molar-refractivity contribution >= 4 is 18.2 Å². The number of nitrogens with zero attached hydrogens (tertiary/aromatic N) is 4. The zero-order valence-electron chi connectivity index (χ0n) is 13.7. The molecule has 3 rings (SSSR count). The molecule has 24 heavy (non-hydrogen) atoms. The van der Waals surface area contributed by atoms with Crippen molar-refractivity contribution in [3.8, 4) is 0 Å². The van der Waals surface area contributed by atoms with Crippen LogP contribution in [0.1, 0.15) is 40.1 Å². The Bertz CT molecular complexity index is 620. The number of rotatable bonds is 3. The number of carbonyl (C=O) groups is 3. The molecule has 0 saturated carbocycles. The Labute approximate surface area is 141 Å². The second-order valence-electron chi connectivity index (χ2n) is 6.22. The molecule has 0 radical (unpaired) electrons. The summed E-state index contributed by atoms with van der Waals surface area (Å²) in [6.45, 7) is 3.59. The Hall–Kier alpha value is -2.44. The minimum atomic E-state index is -0.186. The lowest BCUT2D eigenvalue weighted by atomic mass is 10.1. The molecule has 7 nitrogen and oxygen atoms in total. The highest BCUT2D eigenvalue weighted by molar-refractivity contribution is 5.98. The highest BCUT2D eigenvalue weighted by atomic mass is 16.2. The number of carbonyl (C=O) groups excluding carboxylic acids is 3. The second kappa shape index (κ2) is 7.42. The third-order valence-electron chi connectivity index (χ3n) is 4.62. The molecule has 7 heteroatoms. The van der Waals surface area contributed by atoms with E-state index in [1.165, 1.54) is 6.20 Å². The van der Waals surface area contributed by atoms with E-state index in [4.69, 9.17) is 0 Å². The molecule has 0 bridgehead atoms. The van der Waals surface area contributed by atoms with Gasteiger partial charge in [-0.15, -0.1) is 0 Å². The first-order valence-electron chi connectivity index (χ1n) is 8.43. The molecule has 2 saturated heterocycles. The molecule has 3 amide bonds. The van der Waals surface area contributed by atoms with Crippen LogP contribution in [0, 0.1) is 0 Å². The van der Waals surface area contributed by atoms with Gasteiger partial charge in [0.05, 0.1) is 0 Å². The highest BCUT2D eigenvalue weighted by Crippen LogP contribution is 2.14. The third-order valence-corrected chi connectivity index (χ3v) is 4.62. The van der Waals surface area contributed by atoms with Crippen LogP contribution in [0.5, 0.6) is 0 Å². The van der Waals surface area contributed by atoms with Crippen LogP contribution in [-0.4, -0.2) is 77.2 Å². The van der Waals surface area contributed by atoms with Crippen molar-refractivity contribution in [1.82, 2.24) is 19.7 Å².